The van der Waals surface area contributed by atoms with Crippen molar-refractivity contribution in [2.45, 2.75) is 19.4 Å². The number of thiophene rings is 1. The minimum atomic E-state index is 0.434. The molecule has 4 heteroatoms. The molecule has 0 amide bonds. The van der Waals surface area contributed by atoms with Crippen LogP contribution in [0.15, 0.2) is 35.7 Å². The first-order valence-corrected chi connectivity index (χ1v) is 6.98. The smallest absolute Gasteiger partial charge is 0.130 e. The second-order valence-corrected chi connectivity index (χ2v) is 5.41. The van der Waals surface area contributed by atoms with Crippen LogP contribution in [0.1, 0.15) is 11.8 Å². The minimum Gasteiger partial charge on any atom is -0.373 e. The highest BCUT2D eigenvalue weighted by molar-refractivity contribution is 7.09. The van der Waals surface area contributed by atoms with Crippen molar-refractivity contribution < 1.29 is 0 Å². The molecule has 2 rings (SSSR count). The van der Waals surface area contributed by atoms with Crippen LogP contribution in [0.4, 0.5) is 11.6 Å². The van der Waals surface area contributed by atoms with Gasteiger partial charge in [-0.25, -0.2) is 4.98 Å². The van der Waals surface area contributed by atoms with Crippen molar-refractivity contribution in [2.75, 3.05) is 24.3 Å². The average Bonchev–Trinajstić information content (AvgIpc) is 2.90. The summed E-state index contributed by atoms with van der Waals surface area (Å²) in [7, 11) is 3.99. The van der Waals surface area contributed by atoms with Gasteiger partial charge in [-0.05, 0) is 30.5 Å². The Morgan fingerprint density at radius 2 is 2.17 bits per heavy atom. The number of pyridine rings is 1. The van der Waals surface area contributed by atoms with Crippen LogP contribution in [0.5, 0.6) is 0 Å². The Kier molecular flexibility index (Phi) is 4.20. The van der Waals surface area contributed by atoms with Crippen LogP contribution in [0.3, 0.4) is 0 Å². The number of nitrogens with zero attached hydrogens (tertiary/aromatic N) is 2. The summed E-state index contributed by atoms with van der Waals surface area (Å²) in [6, 6.07) is 10.8. The molecule has 0 radical (unpaired) electrons. The molecular weight excluding hydrogens is 242 g/mol. The zero-order valence-corrected chi connectivity index (χ0v) is 11.9. The van der Waals surface area contributed by atoms with Gasteiger partial charge in [0.2, 0.25) is 0 Å². The molecule has 0 bridgehead atoms. The van der Waals surface area contributed by atoms with E-state index in [0.29, 0.717) is 6.04 Å². The summed E-state index contributed by atoms with van der Waals surface area (Å²) in [5.41, 5.74) is 0. The van der Waals surface area contributed by atoms with Crippen molar-refractivity contribution in [3.05, 3.63) is 40.6 Å². The lowest BCUT2D eigenvalue weighted by Gasteiger charge is -2.26. The molecule has 0 saturated carbocycles. The van der Waals surface area contributed by atoms with Gasteiger partial charge in [0, 0.05) is 31.4 Å². The van der Waals surface area contributed by atoms with Crippen molar-refractivity contribution >= 4 is 23.0 Å². The van der Waals surface area contributed by atoms with Gasteiger partial charge in [0.1, 0.15) is 11.6 Å². The number of nitrogens with one attached hydrogen (secondary N) is 1. The fraction of sp³-hybridized carbons (Fsp3) is 0.357. The van der Waals surface area contributed by atoms with E-state index in [9.17, 15) is 0 Å². The van der Waals surface area contributed by atoms with Gasteiger partial charge >= 0.3 is 0 Å². The van der Waals surface area contributed by atoms with E-state index in [2.05, 4.69) is 46.7 Å². The summed E-state index contributed by atoms with van der Waals surface area (Å²) in [5.74, 6) is 1.91. The van der Waals surface area contributed by atoms with E-state index in [0.717, 1.165) is 18.1 Å². The fourth-order valence-corrected chi connectivity index (χ4v) is 2.67. The molecule has 18 heavy (non-hydrogen) atoms. The Bertz CT molecular complexity index is 482. The predicted molar refractivity (Wildman–Crippen MR) is 79.7 cm³/mol. The summed E-state index contributed by atoms with van der Waals surface area (Å²) in [4.78, 5) is 8.20. The minimum absolute atomic E-state index is 0.434. The van der Waals surface area contributed by atoms with Crippen LogP contribution >= 0.6 is 11.3 Å². The Balaban J connectivity index is 2.07. The summed E-state index contributed by atoms with van der Waals surface area (Å²) < 4.78 is 0. The van der Waals surface area contributed by atoms with Gasteiger partial charge in [-0.1, -0.05) is 12.1 Å². The van der Waals surface area contributed by atoms with Crippen molar-refractivity contribution in [1.29, 1.82) is 0 Å². The highest BCUT2D eigenvalue weighted by Gasteiger charge is 2.12. The van der Waals surface area contributed by atoms with E-state index >= 15 is 0 Å². The number of hydrogen-bond donors (Lipinski definition) is 1. The van der Waals surface area contributed by atoms with Gasteiger partial charge in [0.05, 0.1) is 0 Å². The maximum atomic E-state index is 4.56. The second-order valence-electron chi connectivity index (χ2n) is 4.37. The van der Waals surface area contributed by atoms with Crippen molar-refractivity contribution in [3.63, 3.8) is 0 Å². The number of likely N-dealkylation sites (N-methyl/N-ethyl adjacent to an activating group) is 1. The maximum absolute atomic E-state index is 4.56. The SMILES string of the molecule is CNc1cccc(N(C)C(C)Cc2cccs2)n1. The molecule has 0 spiro atoms. The molecule has 0 aliphatic carbocycles. The third kappa shape index (κ3) is 3.01. The first-order valence-electron chi connectivity index (χ1n) is 6.10. The Hall–Kier alpha value is -1.55. The molecule has 1 N–H and O–H groups in total. The van der Waals surface area contributed by atoms with Crippen molar-refractivity contribution in [3.8, 4) is 0 Å². The molecule has 1 atom stereocenters. The molecule has 0 fully saturated rings. The Labute approximate surface area is 112 Å². The van der Waals surface area contributed by atoms with Crippen LogP contribution in [-0.2, 0) is 6.42 Å². The summed E-state index contributed by atoms with van der Waals surface area (Å²) in [6.45, 7) is 2.23. The number of rotatable bonds is 5. The zero-order chi connectivity index (χ0) is 13.0. The van der Waals surface area contributed by atoms with Crippen molar-refractivity contribution in [1.82, 2.24) is 4.98 Å². The fourth-order valence-electron chi connectivity index (χ4n) is 1.84. The Morgan fingerprint density at radius 1 is 1.33 bits per heavy atom. The molecular formula is C14H19N3S. The quantitative estimate of drug-likeness (QED) is 0.895. The first kappa shape index (κ1) is 12.9. The van der Waals surface area contributed by atoms with E-state index in [4.69, 9.17) is 0 Å². The van der Waals surface area contributed by atoms with E-state index in [-0.39, 0.29) is 0 Å². The molecule has 2 heterocycles. The Morgan fingerprint density at radius 3 is 2.83 bits per heavy atom. The molecule has 2 aromatic rings. The predicted octanol–water partition coefficient (Wildman–Crippen LogP) is 3.25. The highest BCUT2D eigenvalue weighted by atomic mass is 32.1. The van der Waals surface area contributed by atoms with Crippen LogP contribution in [0.25, 0.3) is 0 Å². The largest absolute Gasteiger partial charge is 0.373 e. The van der Waals surface area contributed by atoms with E-state index in [1.54, 1.807) is 0 Å². The van der Waals surface area contributed by atoms with E-state index < -0.39 is 0 Å². The van der Waals surface area contributed by atoms with E-state index in [1.165, 1.54) is 4.88 Å². The number of hydrogen-bond acceptors (Lipinski definition) is 4. The monoisotopic (exact) mass is 261 g/mol. The van der Waals surface area contributed by atoms with Gasteiger partial charge in [0.25, 0.3) is 0 Å². The summed E-state index contributed by atoms with van der Waals surface area (Å²) in [5, 5.41) is 5.20. The number of anilines is 2. The molecule has 0 saturated heterocycles. The van der Waals surface area contributed by atoms with Crippen LogP contribution < -0.4 is 10.2 Å². The van der Waals surface area contributed by atoms with Crippen LogP contribution in [-0.4, -0.2) is 25.1 Å². The van der Waals surface area contributed by atoms with Gasteiger partial charge in [-0.3, -0.25) is 0 Å². The zero-order valence-electron chi connectivity index (χ0n) is 11.1. The third-order valence-corrected chi connectivity index (χ3v) is 3.99. The van der Waals surface area contributed by atoms with Crippen LogP contribution in [0, 0.1) is 0 Å². The molecule has 0 aliphatic heterocycles. The molecule has 0 aliphatic rings. The lowest BCUT2D eigenvalue weighted by Crippen LogP contribution is -2.31. The topological polar surface area (TPSA) is 28.2 Å². The van der Waals surface area contributed by atoms with E-state index in [1.807, 2.05) is 36.6 Å². The van der Waals surface area contributed by atoms with Gasteiger partial charge in [-0.2, -0.15) is 0 Å². The molecule has 2 aromatic heterocycles. The standard InChI is InChI=1S/C14H19N3S/c1-11(10-12-6-5-9-18-12)17(3)14-8-4-7-13(15-2)16-14/h4-9,11H,10H2,1-3H3,(H,15,16). The molecule has 0 aromatic carbocycles. The normalized spacial score (nSPS) is 12.2. The number of aromatic nitrogens is 1. The average molecular weight is 261 g/mol. The van der Waals surface area contributed by atoms with Gasteiger partial charge in [-0.15, -0.1) is 11.3 Å². The highest BCUT2D eigenvalue weighted by Crippen LogP contribution is 2.19. The van der Waals surface area contributed by atoms with Crippen LogP contribution in [0.2, 0.25) is 0 Å². The molecule has 1 unspecified atom stereocenters. The second kappa shape index (κ2) is 5.87. The van der Waals surface area contributed by atoms with Gasteiger partial charge < -0.3 is 10.2 Å². The summed E-state index contributed by atoms with van der Waals surface area (Å²) in [6.07, 6.45) is 1.06. The first-order chi connectivity index (χ1) is 8.70. The third-order valence-electron chi connectivity index (χ3n) is 3.09. The van der Waals surface area contributed by atoms with Gasteiger partial charge in [0.15, 0.2) is 0 Å². The lowest BCUT2D eigenvalue weighted by atomic mass is 10.2. The lowest BCUT2D eigenvalue weighted by molar-refractivity contribution is 0.681. The van der Waals surface area contributed by atoms with Crippen molar-refractivity contribution in [2.24, 2.45) is 0 Å². The summed E-state index contributed by atoms with van der Waals surface area (Å²) >= 11 is 1.81. The maximum Gasteiger partial charge on any atom is 0.130 e. The molecule has 96 valence electrons. The molecule has 3 nitrogen and oxygen atoms in total.